The second-order valence-corrected chi connectivity index (χ2v) is 4.75. The first kappa shape index (κ1) is 15.3. The van der Waals surface area contributed by atoms with Gasteiger partial charge in [-0.1, -0.05) is 0 Å². The first-order valence-electron chi connectivity index (χ1n) is 6.27. The van der Waals surface area contributed by atoms with Gasteiger partial charge in [-0.2, -0.15) is 0 Å². The van der Waals surface area contributed by atoms with E-state index in [1.807, 2.05) is 0 Å². The van der Waals surface area contributed by atoms with E-state index in [0.717, 1.165) is 0 Å². The highest BCUT2D eigenvalue weighted by atomic mass is 16.5. The molecule has 0 radical (unpaired) electrons. The molecule has 1 N–H and O–H groups in total. The van der Waals surface area contributed by atoms with E-state index in [0.29, 0.717) is 6.42 Å². The smallest absolute Gasteiger partial charge is 0.305 e. The summed E-state index contributed by atoms with van der Waals surface area (Å²) < 4.78 is 4.50. The maximum atomic E-state index is 12.1. The Morgan fingerprint density at radius 3 is 2.16 bits per heavy atom. The van der Waals surface area contributed by atoms with E-state index >= 15 is 0 Å². The minimum absolute atomic E-state index is 0.0308. The van der Waals surface area contributed by atoms with Crippen molar-refractivity contribution in [2.45, 2.75) is 44.9 Å². The molecule has 0 heterocycles. The van der Waals surface area contributed by atoms with Crippen LogP contribution in [0.5, 0.6) is 0 Å². The molecule has 1 fully saturated rings. The van der Waals surface area contributed by atoms with Gasteiger partial charge in [-0.15, -0.1) is 0 Å². The molecule has 6 heteroatoms. The number of carboxylic acids is 1. The fraction of sp³-hybridized carbons (Fsp3) is 0.692. The highest BCUT2D eigenvalue weighted by Crippen LogP contribution is 2.39. The Hall–Kier alpha value is -1.72. The molecule has 0 aromatic heterocycles. The number of ketones is 2. The summed E-state index contributed by atoms with van der Waals surface area (Å²) in [7, 11) is 1.23. The van der Waals surface area contributed by atoms with Crippen molar-refractivity contribution in [1.29, 1.82) is 0 Å². The highest BCUT2D eigenvalue weighted by Gasteiger charge is 2.46. The van der Waals surface area contributed by atoms with Crippen molar-refractivity contribution in [3.8, 4) is 0 Å². The van der Waals surface area contributed by atoms with Gasteiger partial charge in [-0.3, -0.25) is 19.2 Å². The Morgan fingerprint density at radius 1 is 1.16 bits per heavy atom. The van der Waals surface area contributed by atoms with Gasteiger partial charge < -0.3 is 9.84 Å². The summed E-state index contributed by atoms with van der Waals surface area (Å²) in [5.41, 5.74) is -1.30. The molecule has 0 aromatic rings. The summed E-state index contributed by atoms with van der Waals surface area (Å²) in [4.78, 5) is 46.0. The minimum Gasteiger partial charge on any atom is -0.481 e. The molecule has 1 rings (SSSR count). The maximum absolute atomic E-state index is 12.1. The third kappa shape index (κ3) is 3.62. The van der Waals surface area contributed by atoms with E-state index in [4.69, 9.17) is 5.11 Å². The predicted octanol–water partition coefficient (Wildman–Crippen LogP) is 1.11. The van der Waals surface area contributed by atoms with Crippen LogP contribution in [0.25, 0.3) is 0 Å². The van der Waals surface area contributed by atoms with Crippen molar-refractivity contribution in [1.82, 2.24) is 0 Å². The SMILES string of the molecule is COC(=O)CCC1(CCC(=O)O)C(=O)CCCC1=O. The van der Waals surface area contributed by atoms with E-state index in [-0.39, 0.29) is 50.1 Å². The standard InChI is InChI=1S/C13H18O6/c1-19-12(18)6-8-13(7-5-11(16)17)9(14)3-2-4-10(13)15/h2-8H2,1H3,(H,16,17). The minimum atomic E-state index is -1.30. The zero-order valence-electron chi connectivity index (χ0n) is 10.9. The van der Waals surface area contributed by atoms with Crippen molar-refractivity contribution in [3.63, 3.8) is 0 Å². The zero-order valence-corrected chi connectivity index (χ0v) is 10.9. The van der Waals surface area contributed by atoms with Crippen LogP contribution in [-0.2, 0) is 23.9 Å². The number of esters is 1. The summed E-state index contributed by atoms with van der Waals surface area (Å²) in [6, 6.07) is 0. The molecule has 0 unspecified atom stereocenters. The molecule has 1 aliphatic carbocycles. The highest BCUT2D eigenvalue weighted by molar-refractivity contribution is 6.09. The second kappa shape index (κ2) is 6.45. The quantitative estimate of drug-likeness (QED) is 0.573. The van der Waals surface area contributed by atoms with Crippen LogP contribution in [-0.4, -0.2) is 35.7 Å². The number of carbonyl (C=O) groups excluding carboxylic acids is 3. The molecule has 0 bridgehead atoms. The van der Waals surface area contributed by atoms with Crippen LogP contribution in [0.4, 0.5) is 0 Å². The first-order valence-corrected chi connectivity index (χ1v) is 6.27. The molecule has 6 nitrogen and oxygen atoms in total. The number of methoxy groups -OCH3 is 1. The van der Waals surface area contributed by atoms with E-state index < -0.39 is 17.4 Å². The summed E-state index contributed by atoms with van der Waals surface area (Å²) in [5, 5.41) is 8.74. The molecule has 1 aliphatic rings. The largest absolute Gasteiger partial charge is 0.481 e. The fourth-order valence-corrected chi connectivity index (χ4v) is 2.46. The lowest BCUT2D eigenvalue weighted by molar-refractivity contribution is -0.148. The number of Topliss-reactive ketones (excluding diaryl/α,β-unsaturated/α-hetero) is 2. The number of carbonyl (C=O) groups is 4. The third-order valence-corrected chi connectivity index (χ3v) is 3.62. The average molecular weight is 270 g/mol. The van der Waals surface area contributed by atoms with Crippen LogP contribution < -0.4 is 0 Å². The second-order valence-electron chi connectivity index (χ2n) is 4.75. The molecule has 0 atom stereocenters. The topological polar surface area (TPSA) is 97.7 Å². The number of ether oxygens (including phenoxy) is 1. The van der Waals surface area contributed by atoms with Crippen LogP contribution in [0.15, 0.2) is 0 Å². The Bertz CT molecular complexity index is 382. The van der Waals surface area contributed by atoms with Crippen molar-refractivity contribution < 1.29 is 29.0 Å². The van der Waals surface area contributed by atoms with Crippen molar-refractivity contribution in [2.75, 3.05) is 7.11 Å². The van der Waals surface area contributed by atoms with Crippen LogP contribution in [0.1, 0.15) is 44.9 Å². The Balaban J connectivity index is 2.87. The zero-order chi connectivity index (χ0) is 14.5. The van der Waals surface area contributed by atoms with Gasteiger partial charge in [0.25, 0.3) is 0 Å². The number of rotatable bonds is 6. The van der Waals surface area contributed by atoms with Gasteiger partial charge in [0, 0.05) is 25.7 Å². The lowest BCUT2D eigenvalue weighted by Gasteiger charge is -2.33. The molecule has 0 aliphatic heterocycles. The van der Waals surface area contributed by atoms with Gasteiger partial charge in [-0.05, 0) is 19.3 Å². The van der Waals surface area contributed by atoms with Crippen LogP contribution >= 0.6 is 0 Å². The summed E-state index contributed by atoms with van der Waals surface area (Å²) in [5.74, 6) is -2.03. The predicted molar refractivity (Wildman–Crippen MR) is 64.4 cm³/mol. The van der Waals surface area contributed by atoms with Crippen LogP contribution in [0.2, 0.25) is 0 Å². The van der Waals surface area contributed by atoms with Crippen LogP contribution in [0.3, 0.4) is 0 Å². The lowest BCUT2D eigenvalue weighted by Crippen LogP contribution is -2.43. The van der Waals surface area contributed by atoms with E-state index in [1.54, 1.807) is 0 Å². The number of hydrogen-bond acceptors (Lipinski definition) is 5. The molecule has 19 heavy (non-hydrogen) atoms. The van der Waals surface area contributed by atoms with Gasteiger partial charge in [0.1, 0.15) is 11.6 Å². The molecule has 106 valence electrons. The van der Waals surface area contributed by atoms with E-state index in [1.165, 1.54) is 7.11 Å². The molecule has 0 aromatic carbocycles. The Morgan fingerprint density at radius 2 is 1.68 bits per heavy atom. The summed E-state index contributed by atoms with van der Waals surface area (Å²) in [6.07, 6.45) is 0.762. The number of hydrogen-bond donors (Lipinski definition) is 1. The van der Waals surface area contributed by atoms with Crippen molar-refractivity contribution in [3.05, 3.63) is 0 Å². The normalized spacial score (nSPS) is 18.2. The number of carboxylic acid groups (broad SMARTS) is 1. The van der Waals surface area contributed by atoms with E-state index in [9.17, 15) is 19.2 Å². The van der Waals surface area contributed by atoms with E-state index in [2.05, 4.69) is 4.74 Å². The molecular formula is C13H18O6. The maximum Gasteiger partial charge on any atom is 0.305 e. The third-order valence-electron chi connectivity index (χ3n) is 3.62. The Labute approximate surface area is 111 Å². The Kier molecular flexibility index (Phi) is 5.20. The summed E-state index contributed by atoms with van der Waals surface area (Å²) >= 11 is 0. The molecule has 1 saturated carbocycles. The molecule has 0 amide bonds. The van der Waals surface area contributed by atoms with Gasteiger partial charge >= 0.3 is 11.9 Å². The summed E-state index contributed by atoms with van der Waals surface area (Å²) in [6.45, 7) is 0. The van der Waals surface area contributed by atoms with Crippen molar-refractivity contribution in [2.24, 2.45) is 5.41 Å². The monoisotopic (exact) mass is 270 g/mol. The van der Waals surface area contributed by atoms with Crippen molar-refractivity contribution >= 4 is 23.5 Å². The molecule has 0 saturated heterocycles. The molecular weight excluding hydrogens is 252 g/mol. The van der Waals surface area contributed by atoms with Gasteiger partial charge in [0.05, 0.1) is 12.5 Å². The van der Waals surface area contributed by atoms with Gasteiger partial charge in [-0.25, -0.2) is 0 Å². The van der Waals surface area contributed by atoms with Gasteiger partial charge in [0.2, 0.25) is 0 Å². The molecule has 0 spiro atoms. The first-order chi connectivity index (χ1) is 8.92. The van der Waals surface area contributed by atoms with Crippen LogP contribution in [0, 0.1) is 5.41 Å². The fourth-order valence-electron chi connectivity index (χ4n) is 2.46. The lowest BCUT2D eigenvalue weighted by atomic mass is 9.66. The average Bonchev–Trinajstić information content (AvgIpc) is 2.37. The number of aliphatic carboxylic acids is 1. The van der Waals surface area contributed by atoms with Gasteiger partial charge in [0.15, 0.2) is 0 Å².